The Bertz CT molecular complexity index is 1070. The second-order valence-electron chi connectivity index (χ2n) is 5.54. The normalized spacial score (nSPS) is 11.0. The molecule has 0 aliphatic carbocycles. The zero-order valence-electron chi connectivity index (χ0n) is 13.5. The minimum absolute atomic E-state index is 0.274. The molecule has 0 saturated heterocycles. The van der Waals surface area contributed by atoms with Gasteiger partial charge in [-0.2, -0.15) is 0 Å². The summed E-state index contributed by atoms with van der Waals surface area (Å²) in [6.07, 6.45) is 1.26. The van der Waals surface area contributed by atoms with Crippen molar-refractivity contribution in [2.45, 2.75) is 13.8 Å². The molecular weight excluding hydrogens is 322 g/mol. The highest BCUT2D eigenvalue weighted by atomic mass is 16.5. The van der Waals surface area contributed by atoms with E-state index in [1.54, 1.807) is 38.1 Å². The summed E-state index contributed by atoms with van der Waals surface area (Å²) >= 11 is 0. The van der Waals surface area contributed by atoms with E-state index in [1.807, 2.05) is 6.07 Å². The molecule has 0 aliphatic heterocycles. The predicted molar refractivity (Wildman–Crippen MR) is 89.0 cm³/mol. The van der Waals surface area contributed by atoms with E-state index in [0.29, 0.717) is 45.2 Å². The first-order valence-electron chi connectivity index (χ1n) is 7.53. The van der Waals surface area contributed by atoms with Gasteiger partial charge in [-0.25, -0.2) is 4.98 Å². The third kappa shape index (κ3) is 2.74. The molecule has 0 aliphatic rings. The highest BCUT2D eigenvalue weighted by molar-refractivity contribution is 6.12. The molecule has 1 aromatic carbocycles. The number of carbonyl (C=O) groups is 1. The van der Waals surface area contributed by atoms with Crippen molar-refractivity contribution >= 4 is 22.7 Å². The SMILES string of the molecule is Cc1cc(C(=O)Nc2cccc(-c3nnco3)c2)c2c(C)noc2n1. The van der Waals surface area contributed by atoms with Gasteiger partial charge in [0.1, 0.15) is 0 Å². The fourth-order valence-corrected chi connectivity index (χ4v) is 2.62. The van der Waals surface area contributed by atoms with Gasteiger partial charge in [0, 0.05) is 16.9 Å². The lowest BCUT2D eigenvalue weighted by Crippen LogP contribution is -2.13. The number of amides is 1. The van der Waals surface area contributed by atoms with Crippen LogP contribution in [0.2, 0.25) is 0 Å². The molecule has 4 aromatic rings. The molecule has 4 rings (SSSR count). The second-order valence-corrected chi connectivity index (χ2v) is 5.54. The van der Waals surface area contributed by atoms with Crippen molar-refractivity contribution in [1.82, 2.24) is 20.3 Å². The standard InChI is InChI=1S/C17H13N5O3/c1-9-6-13(14-10(2)22-25-17(14)19-9)15(23)20-12-5-3-4-11(7-12)16-21-18-8-24-16/h3-8H,1-2H3,(H,20,23). The summed E-state index contributed by atoms with van der Waals surface area (Å²) in [5.74, 6) is 0.109. The molecule has 3 aromatic heterocycles. The van der Waals surface area contributed by atoms with E-state index in [0.717, 1.165) is 0 Å². The van der Waals surface area contributed by atoms with E-state index in [2.05, 4.69) is 25.7 Å². The Hall–Kier alpha value is -3.55. The molecule has 0 atom stereocenters. The van der Waals surface area contributed by atoms with Crippen LogP contribution in [-0.4, -0.2) is 26.2 Å². The lowest BCUT2D eigenvalue weighted by Gasteiger charge is -2.07. The predicted octanol–water partition coefficient (Wildman–Crippen LogP) is 3.14. The smallest absolute Gasteiger partial charge is 0.258 e. The molecule has 8 nitrogen and oxygen atoms in total. The average molecular weight is 335 g/mol. The first-order valence-corrected chi connectivity index (χ1v) is 7.53. The molecular formula is C17H13N5O3. The topological polar surface area (TPSA) is 107 Å². The molecule has 0 bridgehead atoms. The Morgan fingerprint density at radius 2 is 2.08 bits per heavy atom. The summed E-state index contributed by atoms with van der Waals surface area (Å²) < 4.78 is 10.3. The summed E-state index contributed by atoms with van der Waals surface area (Å²) in [4.78, 5) is 17.0. The minimum atomic E-state index is -0.274. The van der Waals surface area contributed by atoms with Gasteiger partial charge in [0.2, 0.25) is 12.3 Å². The number of benzene rings is 1. The van der Waals surface area contributed by atoms with Crippen molar-refractivity contribution in [3.8, 4) is 11.5 Å². The fourth-order valence-electron chi connectivity index (χ4n) is 2.62. The number of aromatic nitrogens is 4. The number of fused-ring (bicyclic) bond motifs is 1. The maximum absolute atomic E-state index is 12.8. The van der Waals surface area contributed by atoms with E-state index in [9.17, 15) is 4.79 Å². The first-order chi connectivity index (χ1) is 12.1. The number of aryl methyl sites for hydroxylation is 2. The number of anilines is 1. The zero-order valence-corrected chi connectivity index (χ0v) is 13.5. The number of carbonyl (C=O) groups excluding carboxylic acids is 1. The quantitative estimate of drug-likeness (QED) is 0.613. The van der Waals surface area contributed by atoms with Crippen LogP contribution in [-0.2, 0) is 0 Å². The molecule has 124 valence electrons. The Morgan fingerprint density at radius 3 is 2.88 bits per heavy atom. The number of rotatable bonds is 3. The van der Waals surface area contributed by atoms with Gasteiger partial charge in [0.15, 0.2) is 0 Å². The lowest BCUT2D eigenvalue weighted by molar-refractivity contribution is 0.102. The summed E-state index contributed by atoms with van der Waals surface area (Å²) in [5.41, 5.74) is 3.43. The Morgan fingerprint density at radius 1 is 1.20 bits per heavy atom. The molecule has 8 heteroatoms. The number of nitrogens with zero attached hydrogens (tertiary/aromatic N) is 4. The van der Waals surface area contributed by atoms with E-state index in [-0.39, 0.29) is 5.91 Å². The molecule has 3 heterocycles. The lowest BCUT2D eigenvalue weighted by atomic mass is 10.1. The van der Waals surface area contributed by atoms with Crippen LogP contribution in [0.15, 0.2) is 45.7 Å². The molecule has 0 unspecified atom stereocenters. The van der Waals surface area contributed by atoms with Gasteiger partial charge in [0.25, 0.3) is 11.6 Å². The van der Waals surface area contributed by atoms with E-state index in [4.69, 9.17) is 8.94 Å². The Labute approximate surface area is 141 Å². The molecule has 1 N–H and O–H groups in total. The molecule has 0 fully saturated rings. The average Bonchev–Trinajstić information content (AvgIpc) is 3.25. The first kappa shape index (κ1) is 15.0. The molecule has 0 spiro atoms. The van der Waals surface area contributed by atoms with Gasteiger partial charge >= 0.3 is 0 Å². The van der Waals surface area contributed by atoms with Crippen LogP contribution in [0.3, 0.4) is 0 Å². The van der Waals surface area contributed by atoms with Crippen molar-refractivity contribution in [3.05, 3.63) is 53.7 Å². The largest absolute Gasteiger partial charge is 0.423 e. The number of nitrogens with one attached hydrogen (secondary N) is 1. The maximum atomic E-state index is 12.8. The van der Waals surface area contributed by atoms with Crippen LogP contribution in [0.1, 0.15) is 21.7 Å². The van der Waals surface area contributed by atoms with Crippen LogP contribution in [0.5, 0.6) is 0 Å². The third-order valence-electron chi connectivity index (χ3n) is 3.72. The molecule has 0 radical (unpaired) electrons. The summed E-state index contributed by atoms with van der Waals surface area (Å²) in [6, 6.07) is 8.87. The number of hydrogen-bond acceptors (Lipinski definition) is 7. The second kappa shape index (κ2) is 5.82. The summed E-state index contributed by atoms with van der Waals surface area (Å²) in [7, 11) is 0. The fraction of sp³-hybridized carbons (Fsp3) is 0.118. The van der Waals surface area contributed by atoms with Crippen molar-refractivity contribution in [3.63, 3.8) is 0 Å². The van der Waals surface area contributed by atoms with Crippen molar-refractivity contribution < 1.29 is 13.7 Å². The monoisotopic (exact) mass is 335 g/mol. The van der Waals surface area contributed by atoms with Crippen LogP contribution in [0.4, 0.5) is 5.69 Å². The van der Waals surface area contributed by atoms with Crippen molar-refractivity contribution in [1.29, 1.82) is 0 Å². The van der Waals surface area contributed by atoms with E-state index < -0.39 is 0 Å². The number of hydrogen-bond donors (Lipinski definition) is 1. The summed E-state index contributed by atoms with van der Waals surface area (Å²) in [5, 5.41) is 14.9. The van der Waals surface area contributed by atoms with Gasteiger partial charge in [-0.15, -0.1) is 10.2 Å². The Balaban J connectivity index is 1.69. The van der Waals surface area contributed by atoms with E-state index in [1.165, 1.54) is 6.39 Å². The van der Waals surface area contributed by atoms with Crippen LogP contribution in [0.25, 0.3) is 22.6 Å². The molecule has 1 amide bonds. The minimum Gasteiger partial charge on any atom is -0.423 e. The zero-order chi connectivity index (χ0) is 17.4. The van der Waals surface area contributed by atoms with Crippen LogP contribution in [0, 0.1) is 13.8 Å². The highest BCUT2D eigenvalue weighted by Gasteiger charge is 2.18. The van der Waals surface area contributed by atoms with Crippen molar-refractivity contribution in [2.75, 3.05) is 5.32 Å². The van der Waals surface area contributed by atoms with Crippen molar-refractivity contribution in [2.24, 2.45) is 0 Å². The van der Waals surface area contributed by atoms with Gasteiger partial charge < -0.3 is 14.3 Å². The van der Waals surface area contributed by atoms with Gasteiger partial charge in [0.05, 0.1) is 16.6 Å². The third-order valence-corrected chi connectivity index (χ3v) is 3.72. The van der Waals surface area contributed by atoms with Gasteiger partial charge in [-0.1, -0.05) is 11.2 Å². The maximum Gasteiger partial charge on any atom is 0.258 e. The number of pyridine rings is 1. The van der Waals surface area contributed by atoms with Gasteiger partial charge in [-0.05, 0) is 38.1 Å². The van der Waals surface area contributed by atoms with Gasteiger partial charge in [-0.3, -0.25) is 4.79 Å². The molecule has 0 saturated carbocycles. The Kier molecular flexibility index (Phi) is 3.50. The van der Waals surface area contributed by atoms with Crippen LogP contribution >= 0.6 is 0 Å². The van der Waals surface area contributed by atoms with Crippen LogP contribution < -0.4 is 5.32 Å². The molecule has 25 heavy (non-hydrogen) atoms. The van der Waals surface area contributed by atoms with E-state index >= 15 is 0 Å². The summed E-state index contributed by atoms with van der Waals surface area (Å²) in [6.45, 7) is 3.57. The highest BCUT2D eigenvalue weighted by Crippen LogP contribution is 2.24.